The summed E-state index contributed by atoms with van der Waals surface area (Å²) < 4.78 is 2.33. The van der Waals surface area contributed by atoms with E-state index < -0.39 is 0 Å². The van der Waals surface area contributed by atoms with Crippen molar-refractivity contribution in [3.8, 4) is 56.3 Å². The quantitative estimate of drug-likeness (QED) is 0.205. The van der Waals surface area contributed by atoms with E-state index in [0.717, 1.165) is 39.0 Å². The lowest BCUT2D eigenvalue weighted by Gasteiger charge is -2.17. The molecule has 0 unspecified atom stereocenters. The molecule has 0 saturated heterocycles. The van der Waals surface area contributed by atoms with Gasteiger partial charge in [0.05, 0.1) is 28.4 Å². The van der Waals surface area contributed by atoms with E-state index in [2.05, 4.69) is 131 Å². The minimum Gasteiger partial charge on any atom is -0.309 e. The predicted octanol–water partition coefficient (Wildman–Crippen LogP) is 10.7. The van der Waals surface area contributed by atoms with E-state index in [-0.39, 0.29) is 0 Å². The Balaban J connectivity index is 1.46. The zero-order chi connectivity index (χ0) is 30.2. The van der Waals surface area contributed by atoms with Crippen LogP contribution in [0, 0.1) is 11.3 Å². The van der Waals surface area contributed by atoms with Crippen LogP contribution in [0.2, 0.25) is 0 Å². The number of nitrogens with zero attached hydrogens (tertiary/aromatic N) is 3. The van der Waals surface area contributed by atoms with Gasteiger partial charge in [0.2, 0.25) is 0 Å². The fourth-order valence-corrected chi connectivity index (χ4v) is 6.39. The first-order chi connectivity index (χ1) is 22.3. The molecule has 0 spiro atoms. The van der Waals surface area contributed by atoms with Gasteiger partial charge in [0, 0.05) is 34.3 Å². The lowest BCUT2D eigenvalue weighted by atomic mass is 9.93. The molecule has 0 amide bonds. The SMILES string of the molecule is N#Cc1cc(-n2c3ccc(-c4ccccc4)cc3c3cc(-c4ccccc4)ccc32)c(-c2ccccc2)cc1-c1ccncc1. The van der Waals surface area contributed by atoms with Crippen LogP contribution in [0.4, 0.5) is 0 Å². The summed E-state index contributed by atoms with van der Waals surface area (Å²) in [5, 5.41) is 12.8. The second kappa shape index (κ2) is 11.1. The number of pyridine rings is 1. The van der Waals surface area contributed by atoms with Crippen molar-refractivity contribution in [2.45, 2.75) is 0 Å². The van der Waals surface area contributed by atoms with E-state index in [0.29, 0.717) is 5.56 Å². The van der Waals surface area contributed by atoms with Gasteiger partial charge in [0.1, 0.15) is 0 Å². The first kappa shape index (κ1) is 26.4. The Hall–Kier alpha value is -6.24. The van der Waals surface area contributed by atoms with Crippen molar-refractivity contribution in [1.82, 2.24) is 9.55 Å². The number of fused-ring (bicyclic) bond motifs is 3. The Kier molecular flexibility index (Phi) is 6.52. The Morgan fingerprint density at radius 3 is 1.44 bits per heavy atom. The molecular weight excluding hydrogens is 546 g/mol. The number of hydrogen-bond donors (Lipinski definition) is 0. The van der Waals surface area contributed by atoms with Crippen molar-refractivity contribution in [2.75, 3.05) is 0 Å². The summed E-state index contributed by atoms with van der Waals surface area (Å²) in [6.45, 7) is 0. The summed E-state index contributed by atoms with van der Waals surface area (Å²) in [4.78, 5) is 4.20. The minimum atomic E-state index is 0.618. The van der Waals surface area contributed by atoms with Crippen molar-refractivity contribution >= 4 is 21.8 Å². The fraction of sp³-hybridized carbons (Fsp3) is 0. The number of benzene rings is 6. The molecule has 2 aromatic heterocycles. The van der Waals surface area contributed by atoms with Gasteiger partial charge >= 0.3 is 0 Å². The van der Waals surface area contributed by atoms with Gasteiger partial charge in [0.15, 0.2) is 0 Å². The van der Waals surface area contributed by atoms with Crippen molar-refractivity contribution in [3.63, 3.8) is 0 Å². The van der Waals surface area contributed by atoms with Gasteiger partial charge in [0.25, 0.3) is 0 Å². The third-order valence-electron chi connectivity index (χ3n) is 8.55. The average Bonchev–Trinajstić information content (AvgIpc) is 3.45. The second-order valence-corrected chi connectivity index (χ2v) is 11.2. The van der Waals surface area contributed by atoms with Crippen LogP contribution in [0.15, 0.2) is 164 Å². The molecule has 0 atom stereocenters. The molecule has 0 fully saturated rings. The van der Waals surface area contributed by atoms with Crippen molar-refractivity contribution in [3.05, 3.63) is 170 Å². The van der Waals surface area contributed by atoms with Gasteiger partial charge in [-0.15, -0.1) is 0 Å². The molecule has 0 N–H and O–H groups in total. The molecule has 8 rings (SSSR count). The standard InChI is InChI=1S/C42H27N3/c43-28-35-26-42(37(31-14-8-3-9-15-31)27-36(35)32-20-22-44-23-21-32)45-40-18-16-33(29-10-4-1-5-11-29)24-38(40)39-25-34(17-19-41(39)45)30-12-6-2-7-13-30/h1-27H. The zero-order valence-electron chi connectivity index (χ0n) is 24.4. The molecule has 6 aromatic carbocycles. The van der Waals surface area contributed by atoms with Gasteiger partial charge in [-0.2, -0.15) is 5.26 Å². The molecule has 0 radical (unpaired) electrons. The second-order valence-electron chi connectivity index (χ2n) is 11.2. The molecular formula is C42H27N3. The largest absolute Gasteiger partial charge is 0.309 e. The van der Waals surface area contributed by atoms with Crippen LogP contribution >= 0.6 is 0 Å². The predicted molar refractivity (Wildman–Crippen MR) is 185 cm³/mol. The Bertz CT molecular complexity index is 2250. The van der Waals surface area contributed by atoms with Crippen molar-refractivity contribution in [2.24, 2.45) is 0 Å². The molecule has 3 nitrogen and oxygen atoms in total. The number of hydrogen-bond acceptors (Lipinski definition) is 2. The topological polar surface area (TPSA) is 41.6 Å². The van der Waals surface area contributed by atoms with Crippen molar-refractivity contribution in [1.29, 1.82) is 5.26 Å². The third-order valence-corrected chi connectivity index (χ3v) is 8.55. The van der Waals surface area contributed by atoms with Gasteiger partial charge in [-0.25, -0.2) is 0 Å². The van der Waals surface area contributed by atoms with Crippen LogP contribution in [0.1, 0.15) is 5.56 Å². The number of nitriles is 1. The number of aromatic nitrogens is 2. The monoisotopic (exact) mass is 573 g/mol. The van der Waals surface area contributed by atoms with E-state index in [1.807, 2.05) is 36.4 Å². The maximum atomic E-state index is 10.4. The van der Waals surface area contributed by atoms with E-state index in [9.17, 15) is 5.26 Å². The van der Waals surface area contributed by atoms with Gasteiger partial charge in [-0.3, -0.25) is 4.98 Å². The molecule has 0 aliphatic rings. The first-order valence-electron chi connectivity index (χ1n) is 15.0. The highest BCUT2D eigenvalue weighted by atomic mass is 15.0. The molecule has 45 heavy (non-hydrogen) atoms. The molecule has 0 aliphatic heterocycles. The summed E-state index contributed by atoms with van der Waals surface area (Å²) in [5.74, 6) is 0. The average molecular weight is 574 g/mol. The number of rotatable bonds is 5. The summed E-state index contributed by atoms with van der Waals surface area (Å²) in [6, 6.07) is 55.5. The van der Waals surface area contributed by atoms with E-state index in [4.69, 9.17) is 0 Å². The highest BCUT2D eigenvalue weighted by molar-refractivity contribution is 6.12. The Morgan fingerprint density at radius 2 is 0.933 bits per heavy atom. The first-order valence-corrected chi connectivity index (χ1v) is 15.0. The van der Waals surface area contributed by atoms with E-state index in [1.165, 1.54) is 33.0 Å². The lowest BCUT2D eigenvalue weighted by molar-refractivity contribution is 1.18. The molecule has 2 heterocycles. The molecule has 0 bridgehead atoms. The van der Waals surface area contributed by atoms with Gasteiger partial charge in [-0.1, -0.05) is 103 Å². The highest BCUT2D eigenvalue weighted by Gasteiger charge is 2.20. The van der Waals surface area contributed by atoms with Gasteiger partial charge < -0.3 is 4.57 Å². The Labute approximate surface area is 261 Å². The maximum absolute atomic E-state index is 10.4. The zero-order valence-corrected chi connectivity index (χ0v) is 24.4. The molecule has 0 saturated carbocycles. The lowest BCUT2D eigenvalue weighted by Crippen LogP contribution is -2.00. The molecule has 210 valence electrons. The summed E-state index contributed by atoms with van der Waals surface area (Å²) in [5.41, 5.74) is 12.5. The van der Waals surface area contributed by atoms with Crippen LogP contribution < -0.4 is 0 Å². The highest BCUT2D eigenvalue weighted by Crippen LogP contribution is 2.41. The van der Waals surface area contributed by atoms with Gasteiger partial charge in [-0.05, 0) is 81.9 Å². The normalized spacial score (nSPS) is 11.1. The van der Waals surface area contributed by atoms with Crippen LogP contribution in [0.3, 0.4) is 0 Å². The summed E-state index contributed by atoms with van der Waals surface area (Å²) in [7, 11) is 0. The minimum absolute atomic E-state index is 0.618. The van der Waals surface area contributed by atoms with Crippen molar-refractivity contribution < 1.29 is 0 Å². The van der Waals surface area contributed by atoms with E-state index >= 15 is 0 Å². The van der Waals surface area contributed by atoms with Crippen LogP contribution in [-0.2, 0) is 0 Å². The van der Waals surface area contributed by atoms with Crippen LogP contribution in [0.5, 0.6) is 0 Å². The van der Waals surface area contributed by atoms with Crippen LogP contribution in [-0.4, -0.2) is 9.55 Å². The summed E-state index contributed by atoms with van der Waals surface area (Å²) >= 11 is 0. The summed E-state index contributed by atoms with van der Waals surface area (Å²) in [6.07, 6.45) is 3.54. The maximum Gasteiger partial charge on any atom is 0.0998 e. The molecule has 3 heteroatoms. The molecule has 8 aromatic rings. The Morgan fingerprint density at radius 1 is 0.444 bits per heavy atom. The third kappa shape index (κ3) is 4.66. The van der Waals surface area contributed by atoms with Crippen LogP contribution in [0.25, 0.3) is 72.0 Å². The molecule has 0 aliphatic carbocycles. The fourth-order valence-electron chi connectivity index (χ4n) is 6.39. The van der Waals surface area contributed by atoms with E-state index in [1.54, 1.807) is 12.4 Å². The smallest absolute Gasteiger partial charge is 0.0998 e.